The Morgan fingerprint density at radius 1 is 1.00 bits per heavy atom. The van der Waals surface area contributed by atoms with Crippen molar-refractivity contribution in [3.05, 3.63) is 47.5 Å². The summed E-state index contributed by atoms with van der Waals surface area (Å²) in [4.78, 5) is 24.0. The van der Waals surface area contributed by atoms with Gasteiger partial charge in [-0.15, -0.1) is 0 Å². The van der Waals surface area contributed by atoms with E-state index in [2.05, 4.69) is 15.8 Å². The van der Waals surface area contributed by atoms with Crippen LogP contribution in [0.5, 0.6) is 17.2 Å². The van der Waals surface area contributed by atoms with E-state index in [9.17, 15) is 9.59 Å². The van der Waals surface area contributed by atoms with Crippen molar-refractivity contribution in [3.8, 4) is 17.2 Å². The minimum Gasteiger partial charge on any atom is -0.493 e. The molecule has 0 aliphatic heterocycles. The lowest BCUT2D eigenvalue weighted by Crippen LogP contribution is -2.17. The van der Waals surface area contributed by atoms with Crippen LogP contribution < -0.4 is 25.0 Å². The summed E-state index contributed by atoms with van der Waals surface area (Å²) >= 11 is 0. The number of hydrogen-bond acceptors (Lipinski definition) is 6. The van der Waals surface area contributed by atoms with Crippen molar-refractivity contribution in [3.63, 3.8) is 0 Å². The fraction of sp³-hybridized carbons (Fsp3) is 0.318. The minimum atomic E-state index is -0.373. The Kier molecular flexibility index (Phi) is 8.68. The summed E-state index contributed by atoms with van der Waals surface area (Å²) < 4.78 is 15.9. The van der Waals surface area contributed by atoms with E-state index in [0.717, 1.165) is 12.8 Å². The summed E-state index contributed by atoms with van der Waals surface area (Å²) in [6, 6.07) is 10.0. The maximum absolute atomic E-state index is 12.3. The van der Waals surface area contributed by atoms with Crippen LogP contribution in [0, 0.1) is 0 Å². The van der Waals surface area contributed by atoms with Crippen molar-refractivity contribution in [1.82, 2.24) is 5.43 Å². The monoisotopic (exact) mass is 413 g/mol. The van der Waals surface area contributed by atoms with Crippen molar-refractivity contribution in [2.24, 2.45) is 5.10 Å². The predicted octanol–water partition coefficient (Wildman–Crippen LogP) is 3.61. The quantitative estimate of drug-likeness (QED) is 0.458. The molecule has 0 spiro atoms. The van der Waals surface area contributed by atoms with E-state index in [1.807, 2.05) is 6.92 Å². The summed E-state index contributed by atoms with van der Waals surface area (Å²) in [5.41, 5.74) is 4.20. The largest absolute Gasteiger partial charge is 0.493 e. The molecule has 2 amide bonds. The maximum Gasteiger partial charge on any atom is 0.271 e. The molecule has 2 aromatic rings. The van der Waals surface area contributed by atoms with Gasteiger partial charge in [0.25, 0.3) is 5.91 Å². The second-order valence-corrected chi connectivity index (χ2v) is 6.39. The highest BCUT2D eigenvalue weighted by Gasteiger charge is 2.12. The first-order chi connectivity index (χ1) is 14.5. The fourth-order valence-corrected chi connectivity index (χ4v) is 2.67. The normalized spacial score (nSPS) is 10.5. The Balaban J connectivity index is 2.00. The van der Waals surface area contributed by atoms with Crippen molar-refractivity contribution in [2.75, 3.05) is 26.6 Å². The summed E-state index contributed by atoms with van der Waals surface area (Å²) in [6.07, 6.45) is 3.76. The molecule has 0 unspecified atom stereocenters. The molecule has 0 radical (unpaired) electrons. The van der Waals surface area contributed by atoms with E-state index in [1.54, 1.807) is 36.4 Å². The van der Waals surface area contributed by atoms with Gasteiger partial charge in [-0.05, 0) is 42.8 Å². The van der Waals surface area contributed by atoms with Crippen LogP contribution in [-0.4, -0.2) is 39.4 Å². The molecule has 0 atom stereocenters. The van der Waals surface area contributed by atoms with Gasteiger partial charge >= 0.3 is 0 Å². The van der Waals surface area contributed by atoms with Crippen LogP contribution in [-0.2, 0) is 4.79 Å². The second kappa shape index (κ2) is 11.5. The Labute approximate surface area is 176 Å². The molecule has 2 aromatic carbocycles. The van der Waals surface area contributed by atoms with Crippen LogP contribution >= 0.6 is 0 Å². The zero-order chi connectivity index (χ0) is 21.9. The molecule has 0 aliphatic rings. The van der Waals surface area contributed by atoms with Gasteiger partial charge < -0.3 is 19.5 Å². The van der Waals surface area contributed by atoms with E-state index >= 15 is 0 Å². The van der Waals surface area contributed by atoms with Gasteiger partial charge in [-0.3, -0.25) is 9.59 Å². The van der Waals surface area contributed by atoms with Crippen LogP contribution in [0.15, 0.2) is 41.5 Å². The molecule has 2 N–H and O–H groups in total. The first-order valence-corrected chi connectivity index (χ1v) is 9.55. The highest BCUT2D eigenvalue weighted by Crippen LogP contribution is 2.37. The van der Waals surface area contributed by atoms with E-state index in [-0.39, 0.29) is 11.8 Å². The molecule has 0 saturated heterocycles. The number of methoxy groups -OCH3 is 3. The third-order valence-corrected chi connectivity index (χ3v) is 4.26. The number of carbonyl (C=O) groups is 2. The average molecular weight is 413 g/mol. The zero-order valence-electron chi connectivity index (χ0n) is 17.7. The Morgan fingerprint density at radius 2 is 1.63 bits per heavy atom. The number of hydrogen-bond donors (Lipinski definition) is 2. The number of nitrogens with one attached hydrogen (secondary N) is 2. The van der Waals surface area contributed by atoms with Crippen molar-refractivity contribution in [1.29, 1.82) is 0 Å². The van der Waals surface area contributed by atoms with Gasteiger partial charge in [-0.25, -0.2) is 5.43 Å². The molecule has 8 heteroatoms. The standard InChI is InChI=1S/C22H27N3O5/c1-5-6-7-20(26)24-17-10-8-16(9-11-17)22(27)25-23-14-15-12-18(28-2)21(30-4)19(13-15)29-3/h8-14H,5-7H2,1-4H3,(H,24,26)(H,25,27). The van der Waals surface area contributed by atoms with Crippen molar-refractivity contribution >= 4 is 23.7 Å². The lowest BCUT2D eigenvalue weighted by atomic mass is 10.2. The molecular formula is C22H27N3O5. The average Bonchev–Trinajstić information content (AvgIpc) is 2.77. The first kappa shape index (κ1) is 22.7. The molecule has 0 fully saturated rings. The van der Waals surface area contributed by atoms with E-state index in [0.29, 0.717) is 40.5 Å². The van der Waals surface area contributed by atoms with Gasteiger partial charge in [-0.1, -0.05) is 13.3 Å². The van der Waals surface area contributed by atoms with E-state index in [4.69, 9.17) is 14.2 Å². The first-order valence-electron chi connectivity index (χ1n) is 9.55. The van der Waals surface area contributed by atoms with Crippen molar-refractivity contribution in [2.45, 2.75) is 26.2 Å². The predicted molar refractivity (Wildman–Crippen MR) is 116 cm³/mol. The molecule has 0 bridgehead atoms. The van der Waals surface area contributed by atoms with Gasteiger partial charge in [0.2, 0.25) is 11.7 Å². The van der Waals surface area contributed by atoms with Crippen molar-refractivity contribution < 1.29 is 23.8 Å². The topological polar surface area (TPSA) is 98.3 Å². The third kappa shape index (κ3) is 6.23. The number of unbranched alkanes of at least 4 members (excludes halogenated alkanes) is 1. The summed E-state index contributed by atoms with van der Waals surface area (Å²) in [5.74, 6) is 1.04. The van der Waals surface area contributed by atoms with Crippen LogP contribution in [0.1, 0.15) is 42.1 Å². The number of carbonyl (C=O) groups excluding carboxylic acids is 2. The van der Waals surface area contributed by atoms with Crippen LogP contribution in [0.2, 0.25) is 0 Å². The lowest BCUT2D eigenvalue weighted by Gasteiger charge is -2.12. The zero-order valence-corrected chi connectivity index (χ0v) is 17.7. The highest BCUT2D eigenvalue weighted by molar-refractivity contribution is 5.96. The highest BCUT2D eigenvalue weighted by atomic mass is 16.5. The number of hydrazone groups is 1. The smallest absolute Gasteiger partial charge is 0.271 e. The van der Waals surface area contributed by atoms with E-state index in [1.165, 1.54) is 27.5 Å². The molecule has 0 heterocycles. The van der Waals surface area contributed by atoms with Crippen LogP contribution in [0.25, 0.3) is 0 Å². The second-order valence-electron chi connectivity index (χ2n) is 6.39. The molecule has 0 saturated carbocycles. The summed E-state index contributed by atoms with van der Waals surface area (Å²) in [5, 5.41) is 6.79. The van der Waals surface area contributed by atoms with Gasteiger partial charge in [-0.2, -0.15) is 5.10 Å². The number of nitrogens with zero attached hydrogens (tertiary/aromatic N) is 1. The number of anilines is 1. The van der Waals surface area contributed by atoms with Crippen LogP contribution in [0.4, 0.5) is 5.69 Å². The number of rotatable bonds is 10. The van der Waals surface area contributed by atoms with Crippen LogP contribution in [0.3, 0.4) is 0 Å². The molecular weight excluding hydrogens is 386 g/mol. The van der Waals surface area contributed by atoms with Gasteiger partial charge in [0.05, 0.1) is 27.5 Å². The number of ether oxygens (including phenoxy) is 3. The molecule has 30 heavy (non-hydrogen) atoms. The maximum atomic E-state index is 12.3. The third-order valence-electron chi connectivity index (χ3n) is 4.26. The van der Waals surface area contributed by atoms with Gasteiger partial charge in [0.15, 0.2) is 11.5 Å². The molecule has 2 rings (SSSR count). The molecule has 160 valence electrons. The van der Waals surface area contributed by atoms with Gasteiger partial charge in [0, 0.05) is 23.2 Å². The summed E-state index contributed by atoms with van der Waals surface area (Å²) in [7, 11) is 4.57. The van der Waals surface area contributed by atoms with Gasteiger partial charge in [0.1, 0.15) is 0 Å². The molecule has 8 nitrogen and oxygen atoms in total. The lowest BCUT2D eigenvalue weighted by molar-refractivity contribution is -0.116. The Morgan fingerprint density at radius 3 is 2.17 bits per heavy atom. The molecule has 0 aliphatic carbocycles. The SMILES string of the molecule is CCCCC(=O)Nc1ccc(C(=O)NN=Cc2cc(OC)c(OC)c(OC)c2)cc1. The number of benzene rings is 2. The Bertz CT molecular complexity index is 869. The number of amides is 2. The fourth-order valence-electron chi connectivity index (χ4n) is 2.67. The van der Waals surface area contributed by atoms with E-state index < -0.39 is 0 Å². The minimum absolute atomic E-state index is 0.0380. The molecule has 0 aromatic heterocycles. The summed E-state index contributed by atoms with van der Waals surface area (Å²) in [6.45, 7) is 2.03. The Hall–Kier alpha value is -3.55.